The van der Waals surface area contributed by atoms with Crippen molar-refractivity contribution in [3.63, 3.8) is 0 Å². The summed E-state index contributed by atoms with van der Waals surface area (Å²) in [5.41, 5.74) is 1.57. The molecule has 1 atom stereocenters. The Bertz CT molecular complexity index is 896. The van der Waals surface area contributed by atoms with Crippen LogP contribution in [-0.2, 0) is 0 Å². The molecule has 0 unspecified atom stereocenters. The molecule has 0 aliphatic carbocycles. The van der Waals surface area contributed by atoms with Crippen LogP contribution in [0.3, 0.4) is 0 Å². The van der Waals surface area contributed by atoms with Gasteiger partial charge in [-0.05, 0) is 30.5 Å². The largest absolute Gasteiger partial charge is 0.371 e. The SMILES string of the molecule is Fc1ccc(N2CC[C@H](CNc3ncnc4ccncc34)C2)cc1F. The summed E-state index contributed by atoms with van der Waals surface area (Å²) < 4.78 is 26.5. The summed E-state index contributed by atoms with van der Waals surface area (Å²) in [6.45, 7) is 2.37. The lowest BCUT2D eigenvalue weighted by Crippen LogP contribution is -2.22. The van der Waals surface area contributed by atoms with E-state index in [9.17, 15) is 8.78 Å². The molecule has 1 aromatic carbocycles. The zero-order valence-corrected chi connectivity index (χ0v) is 13.5. The van der Waals surface area contributed by atoms with Crippen molar-refractivity contribution >= 4 is 22.4 Å². The summed E-state index contributed by atoms with van der Waals surface area (Å²) in [5.74, 6) is -0.455. The fraction of sp³-hybridized carbons (Fsp3) is 0.278. The van der Waals surface area contributed by atoms with Crippen LogP contribution in [0.5, 0.6) is 0 Å². The molecule has 0 saturated carbocycles. The van der Waals surface area contributed by atoms with Gasteiger partial charge in [0.1, 0.15) is 12.1 Å². The van der Waals surface area contributed by atoms with Gasteiger partial charge in [0.2, 0.25) is 0 Å². The number of nitrogens with one attached hydrogen (secondary N) is 1. The standard InChI is InChI=1S/C18H17F2N5/c19-15-2-1-13(7-16(15)20)25-6-4-12(10-25)8-22-18-14-9-21-5-3-17(14)23-11-24-18/h1-3,5,7,9,11-12H,4,6,8,10H2,(H,22,23,24)/t12-/m1/s1. The number of aromatic nitrogens is 3. The molecule has 0 radical (unpaired) electrons. The number of hydrogen-bond donors (Lipinski definition) is 1. The van der Waals surface area contributed by atoms with Crippen LogP contribution in [0.4, 0.5) is 20.3 Å². The molecule has 1 N–H and O–H groups in total. The molecule has 4 rings (SSSR count). The van der Waals surface area contributed by atoms with E-state index < -0.39 is 11.6 Å². The highest BCUT2D eigenvalue weighted by Crippen LogP contribution is 2.26. The highest BCUT2D eigenvalue weighted by Gasteiger charge is 2.23. The second kappa shape index (κ2) is 6.58. The third-order valence-electron chi connectivity index (χ3n) is 4.55. The second-order valence-electron chi connectivity index (χ2n) is 6.20. The van der Waals surface area contributed by atoms with Gasteiger partial charge in [-0.25, -0.2) is 18.7 Å². The summed E-state index contributed by atoms with van der Waals surface area (Å²) in [5, 5.41) is 4.26. The summed E-state index contributed by atoms with van der Waals surface area (Å²) in [6.07, 6.45) is 5.97. The lowest BCUT2D eigenvalue weighted by molar-refractivity contribution is 0.508. The van der Waals surface area contributed by atoms with E-state index in [1.807, 2.05) is 6.07 Å². The lowest BCUT2D eigenvalue weighted by atomic mass is 10.1. The maximum atomic E-state index is 13.4. The van der Waals surface area contributed by atoms with Gasteiger partial charge in [-0.3, -0.25) is 4.98 Å². The van der Waals surface area contributed by atoms with Gasteiger partial charge in [-0.1, -0.05) is 0 Å². The van der Waals surface area contributed by atoms with E-state index in [4.69, 9.17) is 0 Å². The Morgan fingerprint density at radius 1 is 1.16 bits per heavy atom. The van der Waals surface area contributed by atoms with Crippen LogP contribution in [0, 0.1) is 17.6 Å². The fourth-order valence-electron chi connectivity index (χ4n) is 3.20. The maximum Gasteiger partial charge on any atom is 0.160 e. The first-order valence-corrected chi connectivity index (χ1v) is 8.19. The quantitative estimate of drug-likeness (QED) is 0.789. The second-order valence-corrected chi connectivity index (χ2v) is 6.20. The summed E-state index contributed by atoms with van der Waals surface area (Å²) in [7, 11) is 0. The van der Waals surface area contributed by atoms with E-state index in [1.165, 1.54) is 18.5 Å². The van der Waals surface area contributed by atoms with Crippen molar-refractivity contribution in [3.05, 3.63) is 54.6 Å². The predicted octanol–water partition coefficient (Wildman–Crippen LogP) is 3.24. The maximum absolute atomic E-state index is 13.4. The molecule has 0 spiro atoms. The van der Waals surface area contributed by atoms with Crippen molar-refractivity contribution in [2.45, 2.75) is 6.42 Å². The van der Waals surface area contributed by atoms with Crippen LogP contribution in [0.25, 0.3) is 10.9 Å². The number of nitrogens with zero attached hydrogens (tertiary/aromatic N) is 4. The third kappa shape index (κ3) is 3.22. The normalized spacial score (nSPS) is 17.2. The minimum atomic E-state index is -0.814. The Balaban J connectivity index is 1.42. The predicted molar refractivity (Wildman–Crippen MR) is 92.5 cm³/mol. The molecule has 7 heteroatoms. The van der Waals surface area contributed by atoms with Gasteiger partial charge in [0, 0.05) is 43.8 Å². The van der Waals surface area contributed by atoms with E-state index in [1.54, 1.807) is 18.5 Å². The number of halogens is 2. The Labute approximate surface area is 143 Å². The number of benzene rings is 1. The van der Waals surface area contributed by atoms with Crippen LogP contribution in [0.15, 0.2) is 43.0 Å². The molecule has 1 aliphatic rings. The first-order valence-electron chi connectivity index (χ1n) is 8.19. The average Bonchev–Trinajstić information content (AvgIpc) is 3.11. The van der Waals surface area contributed by atoms with Crippen molar-refractivity contribution in [1.29, 1.82) is 0 Å². The monoisotopic (exact) mass is 341 g/mol. The molecule has 1 fully saturated rings. The van der Waals surface area contributed by atoms with Crippen LogP contribution >= 0.6 is 0 Å². The van der Waals surface area contributed by atoms with Crippen molar-refractivity contribution in [2.24, 2.45) is 5.92 Å². The summed E-state index contributed by atoms with van der Waals surface area (Å²) in [6, 6.07) is 5.91. The smallest absolute Gasteiger partial charge is 0.160 e. The minimum absolute atomic E-state index is 0.398. The van der Waals surface area contributed by atoms with Crippen LogP contribution in [0.2, 0.25) is 0 Å². The zero-order valence-electron chi connectivity index (χ0n) is 13.5. The van der Waals surface area contributed by atoms with Crippen molar-refractivity contribution in [1.82, 2.24) is 15.0 Å². The van der Waals surface area contributed by atoms with E-state index in [0.29, 0.717) is 5.92 Å². The summed E-state index contributed by atoms with van der Waals surface area (Å²) in [4.78, 5) is 14.7. The Morgan fingerprint density at radius 3 is 2.96 bits per heavy atom. The van der Waals surface area contributed by atoms with Crippen LogP contribution < -0.4 is 10.2 Å². The van der Waals surface area contributed by atoms with E-state index in [0.717, 1.165) is 48.5 Å². The van der Waals surface area contributed by atoms with E-state index >= 15 is 0 Å². The topological polar surface area (TPSA) is 53.9 Å². The molecule has 25 heavy (non-hydrogen) atoms. The average molecular weight is 341 g/mol. The Hall–Kier alpha value is -2.83. The lowest BCUT2D eigenvalue weighted by Gasteiger charge is -2.19. The molecule has 0 bridgehead atoms. The number of hydrogen-bond acceptors (Lipinski definition) is 5. The Morgan fingerprint density at radius 2 is 2.08 bits per heavy atom. The van der Waals surface area contributed by atoms with Crippen LogP contribution in [0.1, 0.15) is 6.42 Å². The first-order chi connectivity index (χ1) is 12.2. The minimum Gasteiger partial charge on any atom is -0.371 e. The van der Waals surface area contributed by atoms with Gasteiger partial charge in [-0.15, -0.1) is 0 Å². The highest BCUT2D eigenvalue weighted by molar-refractivity contribution is 5.87. The molecular formula is C18H17F2N5. The molecule has 1 saturated heterocycles. The number of rotatable bonds is 4. The molecule has 128 valence electrons. The van der Waals surface area contributed by atoms with Gasteiger partial charge in [0.25, 0.3) is 0 Å². The number of anilines is 2. The van der Waals surface area contributed by atoms with E-state index in [2.05, 4.69) is 25.2 Å². The molecule has 3 aromatic rings. The molecule has 3 heterocycles. The molecule has 5 nitrogen and oxygen atoms in total. The fourth-order valence-corrected chi connectivity index (χ4v) is 3.20. The summed E-state index contributed by atoms with van der Waals surface area (Å²) >= 11 is 0. The van der Waals surface area contributed by atoms with Crippen molar-refractivity contribution in [3.8, 4) is 0 Å². The highest BCUT2D eigenvalue weighted by atomic mass is 19.2. The Kier molecular flexibility index (Phi) is 4.13. The van der Waals surface area contributed by atoms with Gasteiger partial charge in [0.15, 0.2) is 11.6 Å². The van der Waals surface area contributed by atoms with Crippen molar-refractivity contribution < 1.29 is 8.78 Å². The van der Waals surface area contributed by atoms with Gasteiger partial charge < -0.3 is 10.2 Å². The molecule has 2 aromatic heterocycles. The molecule has 0 amide bonds. The van der Waals surface area contributed by atoms with Gasteiger partial charge >= 0.3 is 0 Å². The third-order valence-corrected chi connectivity index (χ3v) is 4.55. The first kappa shape index (κ1) is 15.7. The molecular weight excluding hydrogens is 324 g/mol. The zero-order chi connectivity index (χ0) is 17.2. The van der Waals surface area contributed by atoms with Gasteiger partial charge in [0.05, 0.1) is 10.9 Å². The van der Waals surface area contributed by atoms with E-state index in [-0.39, 0.29) is 0 Å². The van der Waals surface area contributed by atoms with Crippen molar-refractivity contribution in [2.75, 3.05) is 29.9 Å². The van der Waals surface area contributed by atoms with Gasteiger partial charge in [-0.2, -0.15) is 0 Å². The molecule has 1 aliphatic heterocycles. The number of pyridine rings is 1. The number of fused-ring (bicyclic) bond motifs is 1. The van der Waals surface area contributed by atoms with Crippen LogP contribution in [-0.4, -0.2) is 34.6 Å².